The van der Waals surface area contributed by atoms with Crippen LogP contribution in [0.1, 0.15) is 0 Å². The first-order chi connectivity index (χ1) is 36.2. The number of para-hydroxylation sites is 5. The molecular formula is C68H41N5. The lowest BCUT2D eigenvalue weighted by Gasteiger charge is -2.14. The van der Waals surface area contributed by atoms with Crippen LogP contribution in [-0.2, 0) is 0 Å². The molecule has 16 rings (SSSR count). The van der Waals surface area contributed by atoms with Crippen LogP contribution in [0, 0.1) is 0 Å². The highest BCUT2D eigenvalue weighted by molar-refractivity contribution is 6.22. The first kappa shape index (κ1) is 39.9. The third kappa shape index (κ3) is 5.91. The summed E-state index contributed by atoms with van der Waals surface area (Å²) in [6, 6.07) is 90.4. The third-order valence-electron chi connectivity index (χ3n) is 15.4. The van der Waals surface area contributed by atoms with Crippen LogP contribution in [0.4, 0.5) is 0 Å². The summed E-state index contributed by atoms with van der Waals surface area (Å²) in [4.78, 5) is 10.7. The smallest absolute Gasteiger partial charge is 0.161 e. The van der Waals surface area contributed by atoms with Crippen molar-refractivity contribution in [3.63, 3.8) is 0 Å². The summed E-state index contributed by atoms with van der Waals surface area (Å²) in [6.45, 7) is 0. The van der Waals surface area contributed by atoms with Gasteiger partial charge in [-0.05, 0) is 117 Å². The molecule has 5 heteroatoms. The van der Waals surface area contributed by atoms with Gasteiger partial charge in [0.1, 0.15) is 0 Å². The molecule has 338 valence electrons. The van der Waals surface area contributed by atoms with E-state index < -0.39 is 0 Å². The van der Waals surface area contributed by atoms with Crippen molar-refractivity contribution in [2.75, 3.05) is 0 Å². The van der Waals surface area contributed by atoms with Crippen molar-refractivity contribution in [3.05, 3.63) is 249 Å². The van der Waals surface area contributed by atoms with Crippen LogP contribution in [-0.4, -0.2) is 23.7 Å². The SMILES string of the molecule is c1ccc(-n2c3ccccc3c3ccc(-c4nc(-c5cccc6cc(-n7c8ccccc8c8cc9cc(-n%10c%11ccccc%11c%11c%12ccccc%12ccc%11%10)ccc9cc87)ccc56)nc5ccccc45)cc32)cc1. The van der Waals surface area contributed by atoms with Gasteiger partial charge < -0.3 is 13.7 Å². The first-order valence-corrected chi connectivity index (χ1v) is 25.0. The molecule has 0 saturated carbocycles. The number of nitrogens with zero attached hydrogens (tertiary/aromatic N) is 5. The number of aromatic nitrogens is 5. The topological polar surface area (TPSA) is 40.6 Å². The highest BCUT2D eigenvalue weighted by atomic mass is 15.0. The van der Waals surface area contributed by atoms with Crippen LogP contribution in [0.25, 0.3) is 148 Å². The molecule has 73 heavy (non-hydrogen) atoms. The maximum absolute atomic E-state index is 5.47. The second-order valence-electron chi connectivity index (χ2n) is 19.3. The Labute approximate surface area is 418 Å². The fourth-order valence-electron chi connectivity index (χ4n) is 12.1. The summed E-state index contributed by atoms with van der Waals surface area (Å²) in [6.07, 6.45) is 0. The summed E-state index contributed by atoms with van der Waals surface area (Å²) in [5, 5.41) is 15.6. The number of rotatable bonds is 5. The van der Waals surface area contributed by atoms with Gasteiger partial charge in [0.2, 0.25) is 0 Å². The summed E-state index contributed by atoms with van der Waals surface area (Å²) in [7, 11) is 0. The van der Waals surface area contributed by atoms with Crippen molar-refractivity contribution in [2.24, 2.45) is 0 Å². The van der Waals surface area contributed by atoms with E-state index in [-0.39, 0.29) is 0 Å². The molecular weight excluding hydrogens is 887 g/mol. The minimum Gasteiger partial charge on any atom is -0.309 e. The zero-order valence-electron chi connectivity index (χ0n) is 39.4. The van der Waals surface area contributed by atoms with Gasteiger partial charge in [-0.3, -0.25) is 0 Å². The Morgan fingerprint density at radius 3 is 1.66 bits per heavy atom. The molecule has 16 aromatic rings. The van der Waals surface area contributed by atoms with Crippen molar-refractivity contribution in [2.45, 2.75) is 0 Å². The van der Waals surface area contributed by atoms with Gasteiger partial charge >= 0.3 is 0 Å². The largest absolute Gasteiger partial charge is 0.309 e. The number of benzene rings is 12. The molecule has 0 fully saturated rings. The Morgan fingerprint density at radius 2 is 0.836 bits per heavy atom. The predicted molar refractivity (Wildman–Crippen MR) is 306 cm³/mol. The molecule has 0 radical (unpaired) electrons. The minimum atomic E-state index is 0.702. The first-order valence-electron chi connectivity index (χ1n) is 25.0. The van der Waals surface area contributed by atoms with Gasteiger partial charge in [0.25, 0.3) is 0 Å². The molecule has 0 aliphatic rings. The Hall–Kier alpha value is -9.84. The van der Waals surface area contributed by atoms with Gasteiger partial charge in [-0.25, -0.2) is 9.97 Å². The average Bonchev–Trinajstić information content (AvgIpc) is 4.09. The van der Waals surface area contributed by atoms with E-state index in [1.54, 1.807) is 0 Å². The molecule has 0 saturated heterocycles. The Bertz CT molecular complexity index is 4980. The quantitative estimate of drug-likeness (QED) is 0.173. The van der Waals surface area contributed by atoms with Crippen molar-refractivity contribution >= 4 is 109 Å². The molecule has 4 aromatic heterocycles. The van der Waals surface area contributed by atoms with Crippen molar-refractivity contribution in [1.29, 1.82) is 0 Å². The van der Waals surface area contributed by atoms with Crippen molar-refractivity contribution in [3.8, 4) is 39.7 Å². The van der Waals surface area contributed by atoms with E-state index >= 15 is 0 Å². The Morgan fingerprint density at radius 1 is 0.260 bits per heavy atom. The van der Waals surface area contributed by atoms with Crippen LogP contribution in [0.2, 0.25) is 0 Å². The van der Waals surface area contributed by atoms with Gasteiger partial charge in [-0.1, -0.05) is 164 Å². The summed E-state index contributed by atoms with van der Waals surface area (Å²) in [5.41, 5.74) is 14.3. The van der Waals surface area contributed by atoms with Gasteiger partial charge in [-0.15, -0.1) is 0 Å². The van der Waals surface area contributed by atoms with E-state index in [4.69, 9.17) is 9.97 Å². The number of hydrogen-bond donors (Lipinski definition) is 0. The van der Waals surface area contributed by atoms with Gasteiger partial charge in [0, 0.05) is 65.9 Å². The second-order valence-corrected chi connectivity index (χ2v) is 19.3. The average molecular weight is 928 g/mol. The monoisotopic (exact) mass is 927 g/mol. The number of hydrogen-bond acceptors (Lipinski definition) is 2. The standard InChI is InChI=1S/C68H41N5/c1-2-17-47(18-3-1)71-60-26-11-7-20-52(60)54-34-30-45(41-64(54)71)67-56-22-6-10-25-59(56)69-68(70-67)55-24-14-16-44-37-49(33-35-50(44)55)73-61-27-12-8-21-53(61)58-39-46-38-48(32-29-43(46)40-65(58)73)72-62-28-13-9-23-57(62)66-51-19-5-4-15-42(51)31-36-63(66)72/h1-41H. The van der Waals surface area contributed by atoms with Gasteiger partial charge in [0.05, 0.1) is 44.3 Å². The second kappa shape index (κ2) is 15.3. The van der Waals surface area contributed by atoms with E-state index in [0.717, 1.165) is 61.1 Å². The molecule has 0 amide bonds. The molecule has 0 aliphatic heterocycles. The lowest BCUT2D eigenvalue weighted by atomic mass is 10.0. The molecule has 4 heterocycles. The molecule has 5 nitrogen and oxygen atoms in total. The van der Waals surface area contributed by atoms with Crippen molar-refractivity contribution < 1.29 is 0 Å². The fourth-order valence-corrected chi connectivity index (χ4v) is 12.1. The minimum absolute atomic E-state index is 0.702. The zero-order chi connectivity index (χ0) is 47.7. The van der Waals surface area contributed by atoms with Crippen LogP contribution >= 0.6 is 0 Å². The van der Waals surface area contributed by atoms with Crippen molar-refractivity contribution in [1.82, 2.24) is 23.7 Å². The Kier molecular flexibility index (Phi) is 8.39. The predicted octanol–water partition coefficient (Wildman–Crippen LogP) is 17.7. The molecule has 0 bridgehead atoms. The molecule has 0 aliphatic carbocycles. The fraction of sp³-hybridized carbons (Fsp3) is 0. The van der Waals surface area contributed by atoms with E-state index in [1.165, 1.54) is 81.4 Å². The molecule has 0 spiro atoms. The van der Waals surface area contributed by atoms with Crippen LogP contribution in [0.5, 0.6) is 0 Å². The summed E-state index contributed by atoms with van der Waals surface area (Å²) in [5.74, 6) is 0.702. The van der Waals surface area contributed by atoms with Crippen LogP contribution in [0.3, 0.4) is 0 Å². The third-order valence-corrected chi connectivity index (χ3v) is 15.4. The molecule has 0 atom stereocenters. The van der Waals surface area contributed by atoms with E-state index in [0.29, 0.717) is 5.82 Å². The highest BCUT2D eigenvalue weighted by Crippen LogP contribution is 2.42. The summed E-state index contributed by atoms with van der Waals surface area (Å²) >= 11 is 0. The van der Waals surface area contributed by atoms with E-state index in [2.05, 4.69) is 262 Å². The molecule has 12 aromatic carbocycles. The van der Waals surface area contributed by atoms with Gasteiger partial charge in [0.15, 0.2) is 5.82 Å². The maximum Gasteiger partial charge on any atom is 0.161 e. The maximum atomic E-state index is 5.47. The lowest BCUT2D eigenvalue weighted by Crippen LogP contribution is -1.98. The Balaban J connectivity index is 0.833. The normalized spacial score (nSPS) is 12.1. The van der Waals surface area contributed by atoms with Crippen LogP contribution < -0.4 is 0 Å². The number of fused-ring (bicyclic) bond motifs is 14. The van der Waals surface area contributed by atoms with Gasteiger partial charge in [-0.2, -0.15) is 0 Å². The van der Waals surface area contributed by atoms with E-state index in [9.17, 15) is 0 Å². The molecule has 0 N–H and O–H groups in total. The highest BCUT2D eigenvalue weighted by Gasteiger charge is 2.20. The lowest BCUT2D eigenvalue weighted by molar-refractivity contribution is 1.18. The zero-order valence-corrected chi connectivity index (χ0v) is 39.4. The van der Waals surface area contributed by atoms with Crippen LogP contribution in [0.15, 0.2) is 249 Å². The summed E-state index contributed by atoms with van der Waals surface area (Å²) < 4.78 is 7.23. The van der Waals surface area contributed by atoms with E-state index in [1.807, 2.05) is 0 Å². The molecule has 0 unspecified atom stereocenters.